The Balaban J connectivity index is 0.00000155. The summed E-state index contributed by atoms with van der Waals surface area (Å²) in [5.74, 6) is 0. The molecule has 6 aromatic rings. The molecule has 0 atom stereocenters. The number of hydrogen-bond acceptors (Lipinski definition) is 0. The van der Waals surface area contributed by atoms with Crippen LogP contribution in [0.2, 0.25) is 0 Å². The van der Waals surface area contributed by atoms with E-state index in [0.717, 1.165) is 25.7 Å². The molecule has 4 aliphatic carbocycles. The minimum absolute atomic E-state index is 0.472. The summed E-state index contributed by atoms with van der Waals surface area (Å²) in [5, 5.41) is 8.93. The number of halogens is 2. The molecule has 0 fully saturated rings. The summed E-state index contributed by atoms with van der Waals surface area (Å²) in [4.78, 5) is 0. The molecule has 0 heterocycles. The predicted octanol–water partition coefficient (Wildman–Crippen LogP) is 10.9. The van der Waals surface area contributed by atoms with Gasteiger partial charge in [-0.3, -0.25) is 0 Å². The summed E-state index contributed by atoms with van der Waals surface area (Å²) in [6.45, 7) is 18.0. The summed E-state index contributed by atoms with van der Waals surface area (Å²) >= 11 is -0.472. The van der Waals surface area contributed by atoms with Crippen LogP contribution in [0.25, 0.3) is 0 Å². The van der Waals surface area contributed by atoms with Crippen LogP contribution in [0.1, 0.15) is 66.8 Å². The zero-order valence-electron chi connectivity index (χ0n) is 32.2. The van der Waals surface area contributed by atoms with Crippen LogP contribution in [0.3, 0.4) is 0 Å². The quantitative estimate of drug-likeness (QED) is 0.146. The molecule has 276 valence electrons. The molecule has 0 saturated heterocycles. The molecular formula is C48H50Cl2P2Pt. The second-order valence-electron chi connectivity index (χ2n) is 15.0. The zero-order valence-corrected chi connectivity index (χ0v) is 37.8. The van der Waals surface area contributed by atoms with E-state index in [9.17, 15) is 0 Å². The van der Waals surface area contributed by atoms with Crippen LogP contribution in [0.4, 0.5) is 0 Å². The maximum atomic E-state index is 4.88. The van der Waals surface area contributed by atoms with Crippen molar-refractivity contribution in [1.82, 2.24) is 0 Å². The van der Waals surface area contributed by atoms with Crippen molar-refractivity contribution in [2.45, 2.75) is 81.1 Å². The Morgan fingerprint density at radius 3 is 0.849 bits per heavy atom. The first-order valence-electron chi connectivity index (χ1n) is 18.4. The van der Waals surface area contributed by atoms with Crippen LogP contribution in [0.5, 0.6) is 0 Å². The van der Waals surface area contributed by atoms with Crippen molar-refractivity contribution in [2.75, 3.05) is 0 Å². The van der Waals surface area contributed by atoms with Crippen molar-refractivity contribution in [3.05, 3.63) is 176 Å². The average molecular weight is 955 g/mol. The van der Waals surface area contributed by atoms with Crippen LogP contribution >= 0.6 is 34.7 Å². The van der Waals surface area contributed by atoms with Gasteiger partial charge >= 0.3 is 35.3 Å². The number of rotatable bonds is 6. The van der Waals surface area contributed by atoms with E-state index in [0.29, 0.717) is 0 Å². The van der Waals surface area contributed by atoms with Gasteiger partial charge in [0.15, 0.2) is 0 Å². The van der Waals surface area contributed by atoms with Gasteiger partial charge in [-0.05, 0) is 151 Å². The molecule has 0 spiro atoms. The molecular weight excluding hydrogens is 904 g/mol. The normalized spacial score (nSPS) is 12.5. The molecule has 53 heavy (non-hydrogen) atoms. The third-order valence-corrected chi connectivity index (χ3v) is 14.9. The van der Waals surface area contributed by atoms with Crippen LogP contribution in [0, 0.1) is 55.4 Å². The molecule has 10 rings (SSSR count). The van der Waals surface area contributed by atoms with Crippen molar-refractivity contribution in [2.24, 2.45) is 0 Å². The Hall–Kier alpha value is -2.55. The first-order chi connectivity index (χ1) is 25.4. The molecule has 4 aliphatic rings. The molecule has 0 amide bonds. The fourth-order valence-electron chi connectivity index (χ4n) is 8.10. The van der Waals surface area contributed by atoms with Crippen molar-refractivity contribution < 1.29 is 16.5 Å². The fourth-order valence-corrected chi connectivity index (χ4v) is 14.0. The van der Waals surface area contributed by atoms with Gasteiger partial charge in [-0.15, -0.1) is 0 Å². The zero-order chi connectivity index (χ0) is 37.8. The second kappa shape index (κ2) is 17.9. The monoisotopic (exact) mass is 953 g/mol. The molecule has 0 radical (unpaired) electrons. The van der Waals surface area contributed by atoms with Gasteiger partial charge < -0.3 is 0 Å². The molecule has 5 heteroatoms. The van der Waals surface area contributed by atoms with Gasteiger partial charge in [0.05, 0.1) is 0 Å². The summed E-state index contributed by atoms with van der Waals surface area (Å²) < 4.78 is 0. The van der Waals surface area contributed by atoms with E-state index in [1.807, 2.05) is 0 Å². The third-order valence-electron chi connectivity index (χ3n) is 10.0. The number of benzene rings is 6. The van der Waals surface area contributed by atoms with E-state index >= 15 is 0 Å². The van der Waals surface area contributed by atoms with Crippen LogP contribution in [0.15, 0.2) is 109 Å². The van der Waals surface area contributed by atoms with Gasteiger partial charge in [0.25, 0.3) is 0 Å². The molecule has 0 saturated carbocycles. The van der Waals surface area contributed by atoms with Gasteiger partial charge in [-0.2, -0.15) is 0 Å². The van der Waals surface area contributed by atoms with Gasteiger partial charge in [0.2, 0.25) is 0 Å². The van der Waals surface area contributed by atoms with Crippen LogP contribution in [-0.4, -0.2) is 0 Å². The Morgan fingerprint density at radius 1 is 0.358 bits per heavy atom. The van der Waals surface area contributed by atoms with Gasteiger partial charge in [0, 0.05) is 0 Å². The molecule has 0 unspecified atom stereocenters. The van der Waals surface area contributed by atoms with Gasteiger partial charge in [-0.25, -0.2) is 0 Å². The standard InChI is InChI=1S/C48H50P2.2ClH.Pt/c1-31-17-32(2)22-43(21-31)49(44-23-33(3)18-34(4)24-44)47-29-39-9-13-41(47)15-11-40-10-14-42(16-12-39)48(30-40)50(45-25-35(5)19-36(6)26-45)46-27-37(7)20-38(8)28-46;;;/h9-10,13-14,17-30H,11-12,15-16H2,1-8H3;2*1H;/q;;;+2/p-2. The van der Waals surface area contributed by atoms with Gasteiger partial charge in [-0.1, -0.05) is 154 Å². The SMILES string of the molecule is Cc1cc(C)cc(P(c2cc(C)cc(C)c2)c2cc3ccc2CCc2ccc(c(P(c4cc(C)cc(C)c4)c4cc(C)cc(C)c4)c2)CC3)c1.[Cl][Pt][Cl]. The molecule has 0 aromatic heterocycles. The summed E-state index contributed by atoms with van der Waals surface area (Å²) in [5.41, 5.74) is 16.7. The number of hydrogen-bond donors (Lipinski definition) is 0. The van der Waals surface area contributed by atoms with Crippen LogP contribution in [-0.2, 0) is 42.2 Å². The minimum atomic E-state index is -0.707. The van der Waals surface area contributed by atoms with Crippen LogP contribution < -0.4 is 31.8 Å². The summed E-state index contributed by atoms with van der Waals surface area (Å²) in [7, 11) is 8.34. The van der Waals surface area contributed by atoms with E-state index in [4.69, 9.17) is 18.8 Å². The van der Waals surface area contributed by atoms with Gasteiger partial charge in [0.1, 0.15) is 0 Å². The predicted molar refractivity (Wildman–Crippen MR) is 235 cm³/mol. The molecule has 0 N–H and O–H groups in total. The molecule has 4 bridgehead atoms. The maximum absolute atomic E-state index is 4.88. The first kappa shape index (κ1) is 40.1. The number of aryl methyl sites for hydroxylation is 12. The summed E-state index contributed by atoms with van der Waals surface area (Å²) in [6.07, 6.45) is 4.14. The van der Waals surface area contributed by atoms with Crippen molar-refractivity contribution >= 4 is 66.5 Å². The molecule has 0 aliphatic heterocycles. The Bertz CT molecular complexity index is 1920. The molecule has 6 aromatic carbocycles. The Labute approximate surface area is 337 Å². The molecule has 0 nitrogen and oxygen atoms in total. The van der Waals surface area contributed by atoms with E-state index in [1.54, 1.807) is 0 Å². The summed E-state index contributed by atoms with van der Waals surface area (Å²) in [6, 6.07) is 43.8. The Morgan fingerprint density at radius 2 is 0.604 bits per heavy atom. The Kier molecular flexibility index (Phi) is 13.6. The first-order valence-corrected chi connectivity index (χ1v) is 26.7. The van der Waals surface area contributed by atoms with Crippen molar-refractivity contribution in [3.63, 3.8) is 0 Å². The van der Waals surface area contributed by atoms with E-state index in [-0.39, 0.29) is 0 Å². The average Bonchev–Trinajstić information content (AvgIpc) is 3.05. The third kappa shape index (κ3) is 10.0. The van der Waals surface area contributed by atoms with E-state index < -0.39 is 32.3 Å². The van der Waals surface area contributed by atoms with E-state index in [1.165, 1.54) is 98.6 Å². The van der Waals surface area contributed by atoms with E-state index in [2.05, 4.69) is 165 Å². The second-order valence-corrected chi connectivity index (χ2v) is 22.7. The topological polar surface area (TPSA) is 0 Å². The fraction of sp³-hybridized carbons (Fsp3) is 0.250. The van der Waals surface area contributed by atoms with Crippen molar-refractivity contribution in [3.8, 4) is 0 Å². The van der Waals surface area contributed by atoms with Crippen molar-refractivity contribution in [1.29, 1.82) is 0 Å².